The van der Waals surface area contributed by atoms with E-state index in [1.165, 1.54) is 18.5 Å². The van der Waals surface area contributed by atoms with Crippen molar-refractivity contribution < 1.29 is 19.1 Å². The molecule has 0 aliphatic heterocycles. The number of benzene rings is 1. The first kappa shape index (κ1) is 18.7. The third-order valence-corrected chi connectivity index (χ3v) is 5.36. The van der Waals surface area contributed by atoms with Gasteiger partial charge in [0.1, 0.15) is 22.1 Å². The summed E-state index contributed by atoms with van der Waals surface area (Å²) in [5.74, 6) is -1.90. The van der Waals surface area contributed by atoms with Gasteiger partial charge in [0.15, 0.2) is 0 Å². The zero-order chi connectivity index (χ0) is 19.7. The standard InChI is InChI=1S/C18H16FN3O4S/c1-9-14-16(27-15(9)18(25)26)20-8-22(17(14)24)7-13(23)21-10(2)11-3-5-12(19)6-4-11/h3-6,8,10H,7H2,1-2H3,(H,21,23)(H,25,26). The molecule has 1 atom stereocenters. The van der Waals surface area contributed by atoms with Crippen molar-refractivity contribution in [2.75, 3.05) is 0 Å². The van der Waals surface area contributed by atoms with Crippen molar-refractivity contribution in [3.05, 3.63) is 62.8 Å². The van der Waals surface area contributed by atoms with E-state index in [1.54, 1.807) is 26.0 Å². The lowest BCUT2D eigenvalue weighted by atomic mass is 10.1. The Balaban J connectivity index is 1.81. The normalized spacial score (nSPS) is 12.1. The van der Waals surface area contributed by atoms with Crippen molar-refractivity contribution in [1.29, 1.82) is 0 Å². The number of nitrogens with one attached hydrogen (secondary N) is 1. The summed E-state index contributed by atoms with van der Waals surface area (Å²) in [6.07, 6.45) is 1.23. The van der Waals surface area contributed by atoms with Gasteiger partial charge in [-0.2, -0.15) is 0 Å². The van der Waals surface area contributed by atoms with Gasteiger partial charge < -0.3 is 10.4 Å². The number of aryl methyl sites for hydroxylation is 1. The maximum atomic E-state index is 13.0. The number of halogens is 1. The molecule has 2 aromatic heterocycles. The third-order valence-electron chi connectivity index (χ3n) is 4.17. The lowest BCUT2D eigenvalue weighted by Crippen LogP contribution is -2.34. The Morgan fingerprint density at radius 1 is 1.33 bits per heavy atom. The zero-order valence-corrected chi connectivity index (χ0v) is 15.3. The molecule has 0 radical (unpaired) electrons. The second-order valence-corrected chi connectivity index (χ2v) is 7.06. The molecular weight excluding hydrogens is 373 g/mol. The van der Waals surface area contributed by atoms with E-state index in [0.29, 0.717) is 10.4 Å². The van der Waals surface area contributed by atoms with E-state index >= 15 is 0 Å². The van der Waals surface area contributed by atoms with Crippen LogP contribution in [0, 0.1) is 12.7 Å². The second-order valence-electron chi connectivity index (χ2n) is 6.06. The largest absolute Gasteiger partial charge is 0.477 e. The van der Waals surface area contributed by atoms with Crippen LogP contribution in [-0.4, -0.2) is 26.5 Å². The maximum Gasteiger partial charge on any atom is 0.346 e. The van der Waals surface area contributed by atoms with Gasteiger partial charge in [-0.1, -0.05) is 12.1 Å². The molecule has 1 unspecified atom stereocenters. The molecule has 2 heterocycles. The van der Waals surface area contributed by atoms with Crippen LogP contribution in [-0.2, 0) is 11.3 Å². The number of hydrogen-bond donors (Lipinski definition) is 2. The minimum absolute atomic E-state index is 0.0572. The number of carbonyl (C=O) groups excluding carboxylic acids is 1. The molecule has 7 nitrogen and oxygen atoms in total. The summed E-state index contributed by atoms with van der Waals surface area (Å²) >= 11 is 0.928. The highest BCUT2D eigenvalue weighted by atomic mass is 32.1. The number of carboxylic acids is 1. The molecule has 0 saturated carbocycles. The second kappa shape index (κ2) is 7.28. The Kier molecular flexibility index (Phi) is 5.04. The van der Waals surface area contributed by atoms with Crippen molar-refractivity contribution in [3.63, 3.8) is 0 Å². The van der Waals surface area contributed by atoms with Crippen LogP contribution in [0.1, 0.15) is 33.8 Å². The summed E-state index contributed by atoms with van der Waals surface area (Å²) in [7, 11) is 0. The van der Waals surface area contributed by atoms with Gasteiger partial charge in [-0.05, 0) is 37.1 Å². The lowest BCUT2D eigenvalue weighted by Gasteiger charge is -2.15. The zero-order valence-electron chi connectivity index (χ0n) is 14.5. The van der Waals surface area contributed by atoms with Crippen LogP contribution < -0.4 is 10.9 Å². The number of nitrogens with zero attached hydrogens (tertiary/aromatic N) is 2. The summed E-state index contributed by atoms with van der Waals surface area (Å²) < 4.78 is 14.1. The number of carbonyl (C=O) groups is 2. The smallest absolute Gasteiger partial charge is 0.346 e. The third kappa shape index (κ3) is 3.72. The molecule has 27 heavy (non-hydrogen) atoms. The minimum Gasteiger partial charge on any atom is -0.477 e. The Labute approximate surface area is 157 Å². The maximum absolute atomic E-state index is 13.0. The number of amides is 1. The first-order chi connectivity index (χ1) is 12.8. The van der Waals surface area contributed by atoms with E-state index in [2.05, 4.69) is 10.3 Å². The van der Waals surface area contributed by atoms with Gasteiger partial charge in [0.05, 0.1) is 17.8 Å². The number of aromatic nitrogens is 2. The SMILES string of the molecule is Cc1c(C(=O)O)sc2ncn(CC(=O)NC(C)c3ccc(F)cc3)c(=O)c12. The van der Waals surface area contributed by atoms with Crippen LogP contribution in [0.3, 0.4) is 0 Å². The molecule has 0 fully saturated rings. The Morgan fingerprint density at radius 2 is 2.00 bits per heavy atom. The fraction of sp³-hybridized carbons (Fsp3) is 0.222. The number of fused-ring (bicyclic) bond motifs is 1. The van der Waals surface area contributed by atoms with Gasteiger partial charge in [-0.25, -0.2) is 14.2 Å². The van der Waals surface area contributed by atoms with Crippen molar-refractivity contribution >= 4 is 33.4 Å². The van der Waals surface area contributed by atoms with Crippen molar-refractivity contribution in [1.82, 2.24) is 14.9 Å². The van der Waals surface area contributed by atoms with Gasteiger partial charge in [-0.3, -0.25) is 14.2 Å². The quantitative estimate of drug-likeness (QED) is 0.698. The highest BCUT2D eigenvalue weighted by molar-refractivity contribution is 7.20. The summed E-state index contributed by atoms with van der Waals surface area (Å²) in [6.45, 7) is 3.04. The van der Waals surface area contributed by atoms with Crippen LogP contribution in [0.15, 0.2) is 35.4 Å². The molecule has 3 rings (SSSR count). The molecule has 1 amide bonds. The fourth-order valence-electron chi connectivity index (χ4n) is 2.75. The van der Waals surface area contributed by atoms with E-state index < -0.39 is 17.4 Å². The number of rotatable bonds is 5. The Morgan fingerprint density at radius 3 is 2.63 bits per heavy atom. The minimum atomic E-state index is -1.12. The Hall–Kier alpha value is -3.07. The molecule has 9 heteroatoms. The van der Waals surface area contributed by atoms with Crippen molar-refractivity contribution in [3.8, 4) is 0 Å². The van der Waals surface area contributed by atoms with Crippen molar-refractivity contribution in [2.24, 2.45) is 0 Å². The molecular formula is C18H16FN3O4S. The number of aromatic carboxylic acids is 1. The number of carboxylic acid groups (broad SMARTS) is 1. The topological polar surface area (TPSA) is 101 Å². The monoisotopic (exact) mass is 389 g/mol. The summed E-state index contributed by atoms with van der Waals surface area (Å²) in [6, 6.07) is 5.39. The molecule has 0 bridgehead atoms. The van der Waals surface area contributed by atoms with Gasteiger partial charge >= 0.3 is 5.97 Å². The summed E-state index contributed by atoms with van der Waals surface area (Å²) in [5.41, 5.74) is 0.603. The highest BCUT2D eigenvalue weighted by Crippen LogP contribution is 2.26. The van der Waals surface area contributed by atoms with Crippen LogP contribution in [0.4, 0.5) is 4.39 Å². The molecule has 140 valence electrons. The van der Waals surface area contributed by atoms with Crippen molar-refractivity contribution in [2.45, 2.75) is 26.4 Å². The molecule has 0 aliphatic carbocycles. The molecule has 2 N–H and O–H groups in total. The van der Waals surface area contributed by atoms with Crippen LogP contribution in [0.2, 0.25) is 0 Å². The predicted molar refractivity (Wildman–Crippen MR) is 98.5 cm³/mol. The lowest BCUT2D eigenvalue weighted by molar-refractivity contribution is -0.122. The first-order valence-electron chi connectivity index (χ1n) is 8.04. The first-order valence-corrected chi connectivity index (χ1v) is 8.86. The number of thiophene rings is 1. The average molecular weight is 389 g/mol. The van der Waals surface area contributed by atoms with E-state index in [9.17, 15) is 23.9 Å². The molecule has 0 spiro atoms. The summed E-state index contributed by atoms with van der Waals surface area (Å²) in [4.78, 5) is 40.6. The molecule has 0 saturated heterocycles. The van der Waals surface area contributed by atoms with Crippen LogP contribution >= 0.6 is 11.3 Å². The van der Waals surface area contributed by atoms with Crippen LogP contribution in [0.25, 0.3) is 10.2 Å². The average Bonchev–Trinajstić information content (AvgIpc) is 2.95. The van der Waals surface area contributed by atoms with Gasteiger partial charge in [0, 0.05) is 0 Å². The van der Waals surface area contributed by atoms with E-state index in [4.69, 9.17) is 0 Å². The van der Waals surface area contributed by atoms with Gasteiger partial charge in [0.2, 0.25) is 5.91 Å². The predicted octanol–water partition coefficient (Wildman–Crippen LogP) is 2.48. The fourth-order valence-corrected chi connectivity index (χ4v) is 3.73. The highest BCUT2D eigenvalue weighted by Gasteiger charge is 2.19. The summed E-state index contributed by atoms with van der Waals surface area (Å²) in [5, 5.41) is 12.1. The van der Waals surface area contributed by atoms with Crippen LogP contribution in [0.5, 0.6) is 0 Å². The van der Waals surface area contributed by atoms with E-state index in [0.717, 1.165) is 21.5 Å². The molecule has 3 aromatic rings. The Bertz CT molecular complexity index is 1090. The van der Waals surface area contributed by atoms with E-state index in [-0.39, 0.29) is 28.7 Å². The van der Waals surface area contributed by atoms with Gasteiger partial charge in [-0.15, -0.1) is 11.3 Å². The number of hydrogen-bond acceptors (Lipinski definition) is 5. The molecule has 1 aromatic carbocycles. The molecule has 0 aliphatic rings. The van der Waals surface area contributed by atoms with E-state index in [1.807, 2.05) is 0 Å². The van der Waals surface area contributed by atoms with Gasteiger partial charge in [0.25, 0.3) is 5.56 Å².